The van der Waals surface area contributed by atoms with Gasteiger partial charge in [-0.1, -0.05) is 50.6 Å². The highest BCUT2D eigenvalue weighted by molar-refractivity contribution is 6.51. The number of carbonyl (C=O) groups excluding carboxylic acids is 2. The molecule has 1 aliphatic rings. The first-order chi connectivity index (χ1) is 17.5. The summed E-state index contributed by atoms with van der Waals surface area (Å²) in [5.74, 6) is -1.89. The van der Waals surface area contributed by atoms with E-state index in [-0.39, 0.29) is 33.0 Å². The molecule has 1 saturated heterocycles. The van der Waals surface area contributed by atoms with Gasteiger partial charge in [0.25, 0.3) is 11.7 Å². The van der Waals surface area contributed by atoms with Crippen molar-refractivity contribution in [3.63, 3.8) is 0 Å². The van der Waals surface area contributed by atoms with Crippen LogP contribution in [0.15, 0.2) is 66.2 Å². The molecule has 0 bridgehead atoms. The van der Waals surface area contributed by atoms with Crippen molar-refractivity contribution in [3.05, 3.63) is 93.8 Å². The Morgan fingerprint density at radius 2 is 1.65 bits per heavy atom. The highest BCUT2D eigenvalue weighted by Crippen LogP contribution is 2.44. The summed E-state index contributed by atoms with van der Waals surface area (Å²) in [4.78, 5) is 28.0. The molecular weight excluding hydrogens is 497 g/mol. The monoisotopic (exact) mass is 523 g/mol. The van der Waals surface area contributed by atoms with Crippen LogP contribution in [0, 0.1) is 5.82 Å². The molecule has 3 aromatic carbocycles. The fraction of sp³-hybridized carbons (Fsp3) is 0.241. The zero-order valence-electron chi connectivity index (χ0n) is 21.1. The molecule has 6 nitrogen and oxygen atoms in total. The Bertz CT molecular complexity index is 1410. The molecule has 0 saturated carbocycles. The summed E-state index contributed by atoms with van der Waals surface area (Å²) in [6.07, 6.45) is 0. The number of anilines is 1. The molecule has 1 aliphatic heterocycles. The van der Waals surface area contributed by atoms with Crippen molar-refractivity contribution in [1.29, 1.82) is 0 Å². The van der Waals surface area contributed by atoms with Crippen LogP contribution >= 0.6 is 11.6 Å². The van der Waals surface area contributed by atoms with Crippen LogP contribution in [0.5, 0.6) is 11.5 Å². The number of hydrogen-bond donors (Lipinski definition) is 1. The van der Waals surface area contributed by atoms with Crippen LogP contribution in [-0.2, 0) is 15.0 Å². The predicted octanol–water partition coefficient (Wildman–Crippen LogP) is 6.42. The Morgan fingerprint density at radius 3 is 2.22 bits per heavy atom. The molecule has 37 heavy (non-hydrogen) atoms. The van der Waals surface area contributed by atoms with E-state index < -0.39 is 23.5 Å². The predicted molar refractivity (Wildman–Crippen MR) is 141 cm³/mol. The fourth-order valence-electron chi connectivity index (χ4n) is 4.34. The zero-order chi connectivity index (χ0) is 27.1. The lowest BCUT2D eigenvalue weighted by molar-refractivity contribution is -0.132. The number of amides is 1. The summed E-state index contributed by atoms with van der Waals surface area (Å²) < 4.78 is 24.7. The van der Waals surface area contributed by atoms with Gasteiger partial charge in [0, 0.05) is 5.69 Å². The summed E-state index contributed by atoms with van der Waals surface area (Å²) in [5, 5.41) is 11.4. The summed E-state index contributed by atoms with van der Waals surface area (Å²) >= 11 is 6.01. The van der Waals surface area contributed by atoms with Crippen LogP contribution < -0.4 is 14.4 Å². The molecule has 1 heterocycles. The van der Waals surface area contributed by atoms with E-state index in [1.165, 1.54) is 31.3 Å². The maximum absolute atomic E-state index is 13.9. The van der Waals surface area contributed by atoms with Crippen molar-refractivity contribution in [3.8, 4) is 11.5 Å². The number of ketones is 1. The fourth-order valence-corrected chi connectivity index (χ4v) is 4.51. The molecule has 1 fully saturated rings. The topological polar surface area (TPSA) is 76.1 Å². The number of halogens is 2. The Hall–Kier alpha value is -3.84. The lowest BCUT2D eigenvalue weighted by Gasteiger charge is -2.26. The molecule has 0 aromatic heterocycles. The van der Waals surface area contributed by atoms with Gasteiger partial charge in [0.15, 0.2) is 0 Å². The largest absolute Gasteiger partial charge is 0.507 e. The van der Waals surface area contributed by atoms with E-state index in [0.717, 1.165) is 11.6 Å². The minimum atomic E-state index is -1.02. The summed E-state index contributed by atoms with van der Waals surface area (Å²) in [7, 11) is 2.99. The second-order valence-electron chi connectivity index (χ2n) is 9.71. The summed E-state index contributed by atoms with van der Waals surface area (Å²) in [5.41, 5.74) is 1.55. The van der Waals surface area contributed by atoms with Gasteiger partial charge in [-0.25, -0.2) is 4.39 Å². The molecule has 0 radical (unpaired) electrons. The van der Waals surface area contributed by atoms with Gasteiger partial charge in [-0.2, -0.15) is 0 Å². The second kappa shape index (κ2) is 9.90. The van der Waals surface area contributed by atoms with Crippen molar-refractivity contribution in [2.75, 3.05) is 19.1 Å². The van der Waals surface area contributed by atoms with E-state index in [2.05, 4.69) is 0 Å². The van der Waals surface area contributed by atoms with E-state index in [1.54, 1.807) is 36.4 Å². The van der Waals surface area contributed by atoms with E-state index >= 15 is 0 Å². The number of aliphatic hydroxyl groups is 1. The number of carbonyl (C=O) groups is 2. The van der Waals surface area contributed by atoms with Crippen LogP contribution in [0.3, 0.4) is 0 Å². The van der Waals surface area contributed by atoms with Gasteiger partial charge in [0.2, 0.25) is 0 Å². The molecule has 1 N–H and O–H groups in total. The van der Waals surface area contributed by atoms with Gasteiger partial charge in [-0.05, 0) is 59.0 Å². The number of ether oxygens (including phenoxy) is 2. The first kappa shape index (κ1) is 26.2. The van der Waals surface area contributed by atoms with E-state index in [0.29, 0.717) is 17.1 Å². The Balaban J connectivity index is 2.00. The Kier molecular flexibility index (Phi) is 7.02. The van der Waals surface area contributed by atoms with Crippen molar-refractivity contribution in [1.82, 2.24) is 0 Å². The highest BCUT2D eigenvalue weighted by atomic mass is 35.5. The van der Waals surface area contributed by atoms with Crippen LogP contribution in [-0.4, -0.2) is 31.0 Å². The number of nitrogens with zero attached hydrogens (tertiary/aromatic N) is 1. The van der Waals surface area contributed by atoms with Crippen LogP contribution in [0.2, 0.25) is 5.02 Å². The van der Waals surface area contributed by atoms with Crippen LogP contribution in [0.25, 0.3) is 5.76 Å². The first-order valence-electron chi connectivity index (χ1n) is 11.6. The van der Waals surface area contributed by atoms with Crippen molar-refractivity contribution >= 4 is 34.7 Å². The molecule has 1 unspecified atom stereocenters. The smallest absolute Gasteiger partial charge is 0.300 e. The number of Topliss-reactive ketones (excluding diaryl/α,β-unsaturated/α-hetero) is 1. The molecule has 8 heteroatoms. The number of methoxy groups -OCH3 is 2. The molecule has 1 atom stereocenters. The molecular formula is C29H27ClFNO5. The standard InChI is InChI=1S/C29H27ClFNO5/c1-29(2,3)17-8-13-23(37-5)20(14-17)26(33)24-25(16-6-10-19(36-4)11-7-16)32(28(35)27(24)34)18-9-12-22(31)21(30)15-18/h6-15,25,33H,1-5H3/b26-24+. The second-order valence-corrected chi connectivity index (χ2v) is 10.1. The summed E-state index contributed by atoms with van der Waals surface area (Å²) in [6.45, 7) is 6.06. The third kappa shape index (κ3) is 4.79. The average Bonchev–Trinajstić information content (AvgIpc) is 3.14. The maximum Gasteiger partial charge on any atom is 0.300 e. The maximum atomic E-state index is 13.9. The number of rotatable bonds is 5. The van der Waals surface area contributed by atoms with Crippen molar-refractivity contribution in [2.45, 2.75) is 32.2 Å². The van der Waals surface area contributed by atoms with Crippen LogP contribution in [0.1, 0.15) is 43.5 Å². The van der Waals surface area contributed by atoms with Crippen molar-refractivity contribution < 1.29 is 28.6 Å². The third-order valence-electron chi connectivity index (χ3n) is 6.38. The minimum absolute atomic E-state index is 0.125. The van der Waals surface area contributed by atoms with Gasteiger partial charge in [-0.3, -0.25) is 14.5 Å². The Labute approximate surface area is 219 Å². The lowest BCUT2D eigenvalue weighted by Crippen LogP contribution is -2.29. The van der Waals surface area contributed by atoms with Gasteiger partial charge < -0.3 is 14.6 Å². The van der Waals surface area contributed by atoms with Gasteiger partial charge in [-0.15, -0.1) is 0 Å². The molecule has 0 spiro atoms. The quantitative estimate of drug-likeness (QED) is 0.237. The molecule has 4 rings (SSSR count). The highest BCUT2D eigenvalue weighted by Gasteiger charge is 2.47. The first-order valence-corrected chi connectivity index (χ1v) is 11.9. The number of aliphatic hydroxyl groups excluding tert-OH is 1. The van der Waals surface area contributed by atoms with E-state index in [9.17, 15) is 19.1 Å². The van der Waals surface area contributed by atoms with Gasteiger partial charge in [0.05, 0.1) is 36.4 Å². The molecule has 192 valence electrons. The summed E-state index contributed by atoms with van der Waals surface area (Å²) in [6, 6.07) is 14.9. The van der Waals surface area contributed by atoms with Gasteiger partial charge in [0.1, 0.15) is 23.1 Å². The normalized spacial score (nSPS) is 17.3. The van der Waals surface area contributed by atoms with Crippen LogP contribution in [0.4, 0.5) is 10.1 Å². The number of hydrogen-bond acceptors (Lipinski definition) is 5. The molecule has 3 aromatic rings. The molecule has 0 aliphatic carbocycles. The van der Waals surface area contributed by atoms with E-state index in [1.807, 2.05) is 26.8 Å². The van der Waals surface area contributed by atoms with E-state index in [4.69, 9.17) is 21.1 Å². The van der Waals surface area contributed by atoms with Gasteiger partial charge >= 0.3 is 0 Å². The zero-order valence-corrected chi connectivity index (χ0v) is 21.9. The lowest BCUT2D eigenvalue weighted by atomic mass is 9.85. The SMILES string of the molecule is COc1ccc(C2/C(=C(\O)c3cc(C(C)(C)C)ccc3OC)C(=O)C(=O)N2c2ccc(F)c(Cl)c2)cc1. The Morgan fingerprint density at radius 1 is 0.973 bits per heavy atom. The molecule has 1 amide bonds. The average molecular weight is 524 g/mol. The third-order valence-corrected chi connectivity index (χ3v) is 6.67. The van der Waals surface area contributed by atoms with Crippen molar-refractivity contribution in [2.24, 2.45) is 0 Å². The number of benzene rings is 3. The minimum Gasteiger partial charge on any atom is -0.507 e.